The molecule has 118 valence electrons. The number of halogens is 5. The molecule has 1 aromatic carbocycles. The van der Waals surface area contributed by atoms with Crippen molar-refractivity contribution >= 4 is 38.6 Å². The summed E-state index contributed by atoms with van der Waals surface area (Å²) in [7, 11) is -5.62. The number of esters is 1. The summed E-state index contributed by atoms with van der Waals surface area (Å²) >= 11 is 1.82. The average molecular weight is 440 g/mol. The molecule has 0 spiro atoms. The van der Waals surface area contributed by atoms with Gasteiger partial charge in [0.05, 0.1) is 12.2 Å². The van der Waals surface area contributed by atoms with Crippen LogP contribution in [0.1, 0.15) is 10.4 Å². The maximum absolute atomic E-state index is 13.3. The molecule has 0 atom stereocenters. The van der Waals surface area contributed by atoms with Gasteiger partial charge in [0.25, 0.3) is 0 Å². The lowest BCUT2D eigenvalue weighted by molar-refractivity contribution is -0.0427. The van der Waals surface area contributed by atoms with E-state index in [1.54, 1.807) is 0 Å². The summed E-state index contributed by atoms with van der Waals surface area (Å²) in [4.78, 5) is 11.5. The van der Waals surface area contributed by atoms with Crippen molar-refractivity contribution in [3.63, 3.8) is 0 Å². The number of ether oxygens (including phenoxy) is 1. The number of sulfonamides is 1. The fourth-order valence-corrected chi connectivity index (χ4v) is 2.05. The van der Waals surface area contributed by atoms with Crippen molar-refractivity contribution in [1.82, 2.24) is 0 Å². The van der Waals surface area contributed by atoms with Crippen LogP contribution in [0.2, 0.25) is 0 Å². The van der Waals surface area contributed by atoms with Gasteiger partial charge in [-0.15, -0.1) is 6.54 Å². The molecule has 0 bridgehead atoms. The number of alkyl halides is 3. The molecule has 0 radical (unpaired) electrons. The molecular weight excluding hydrogens is 433 g/mol. The Hall–Kier alpha value is -0.950. The van der Waals surface area contributed by atoms with Gasteiger partial charge in [-0.3, -0.25) is 0 Å². The third kappa shape index (κ3) is 5.07. The van der Waals surface area contributed by atoms with Gasteiger partial charge in [0.2, 0.25) is 0 Å². The van der Waals surface area contributed by atoms with Gasteiger partial charge in [-0.1, -0.05) is 0 Å². The molecule has 0 heterocycles. The van der Waals surface area contributed by atoms with E-state index in [0.29, 0.717) is 3.57 Å². The van der Waals surface area contributed by atoms with Crippen molar-refractivity contribution in [1.29, 1.82) is 0 Å². The Balaban J connectivity index is 2.54. The fraction of sp³-hybridized carbons (Fsp3) is 0.300. The Morgan fingerprint density at radius 2 is 1.95 bits per heavy atom. The minimum atomic E-state index is -5.62. The zero-order chi connectivity index (χ0) is 16.3. The van der Waals surface area contributed by atoms with E-state index in [0.717, 1.165) is 6.07 Å². The van der Waals surface area contributed by atoms with E-state index in [2.05, 4.69) is 9.46 Å². The lowest BCUT2D eigenvalue weighted by Crippen LogP contribution is -2.23. The molecule has 0 N–H and O–H groups in total. The summed E-state index contributed by atoms with van der Waals surface area (Å²) < 4.78 is 77.7. The Morgan fingerprint density at radius 1 is 1.33 bits per heavy atom. The zero-order valence-electron chi connectivity index (χ0n) is 10.0. The van der Waals surface area contributed by atoms with E-state index in [1.807, 2.05) is 22.6 Å². The third-order valence-corrected chi connectivity index (χ3v) is 3.80. The van der Waals surface area contributed by atoms with Crippen LogP contribution in [-0.4, -0.2) is 33.0 Å². The predicted octanol–water partition coefficient (Wildman–Crippen LogP) is 2.81. The van der Waals surface area contributed by atoms with E-state index in [-0.39, 0.29) is 0 Å². The summed E-state index contributed by atoms with van der Waals surface area (Å²) in [6.45, 7) is -1.63. The number of carbonyl (C=O) groups is 1. The second-order valence-electron chi connectivity index (χ2n) is 3.53. The van der Waals surface area contributed by atoms with E-state index in [9.17, 15) is 30.8 Å². The lowest BCUT2D eigenvalue weighted by atomic mass is 10.2. The molecule has 0 unspecified atom stereocenters. The van der Waals surface area contributed by atoms with Crippen molar-refractivity contribution < 1.29 is 35.5 Å². The lowest BCUT2D eigenvalue weighted by Gasteiger charge is -2.21. The highest BCUT2D eigenvalue weighted by molar-refractivity contribution is 14.1. The van der Waals surface area contributed by atoms with Gasteiger partial charge in [0.1, 0.15) is 5.82 Å². The normalized spacial score (nSPS) is 12.2. The van der Waals surface area contributed by atoms with Crippen LogP contribution >= 0.6 is 22.6 Å². The summed E-state index contributed by atoms with van der Waals surface area (Å²) in [6.07, 6.45) is 0. The third-order valence-electron chi connectivity index (χ3n) is 2.03. The molecule has 0 aliphatic carbocycles. The van der Waals surface area contributed by atoms with Crippen molar-refractivity contribution in [2.75, 3.05) is 13.2 Å². The maximum atomic E-state index is 13.3. The molecule has 0 fully saturated rings. The second-order valence-corrected chi connectivity index (χ2v) is 6.45. The first-order valence-corrected chi connectivity index (χ1v) is 7.68. The van der Waals surface area contributed by atoms with Gasteiger partial charge in [-0.2, -0.15) is 13.2 Å². The largest absolute Gasteiger partial charge is 0.538 e. The van der Waals surface area contributed by atoms with Crippen molar-refractivity contribution in [2.24, 2.45) is 0 Å². The van der Waals surface area contributed by atoms with Crippen LogP contribution in [0, 0.1) is 9.39 Å². The van der Waals surface area contributed by atoms with Crippen LogP contribution in [0.25, 0.3) is 4.72 Å². The van der Waals surface area contributed by atoms with Gasteiger partial charge < -0.3 is 9.46 Å². The first-order chi connectivity index (χ1) is 9.54. The molecule has 1 rings (SSSR count). The number of hydrogen-bond acceptors (Lipinski definition) is 4. The number of hydrogen-bond donors (Lipinski definition) is 0. The second kappa shape index (κ2) is 6.87. The predicted molar refractivity (Wildman–Crippen MR) is 72.6 cm³/mol. The van der Waals surface area contributed by atoms with E-state index in [4.69, 9.17) is 0 Å². The molecule has 1 aromatic rings. The number of carbonyl (C=O) groups excluding carboxylic acids is 1. The zero-order valence-corrected chi connectivity index (χ0v) is 13.0. The van der Waals surface area contributed by atoms with Crippen LogP contribution in [-0.2, 0) is 14.8 Å². The van der Waals surface area contributed by atoms with Crippen molar-refractivity contribution in [3.05, 3.63) is 37.9 Å². The maximum Gasteiger partial charge on any atom is 0.480 e. The summed E-state index contributed by atoms with van der Waals surface area (Å²) in [5.74, 6) is -1.98. The first-order valence-electron chi connectivity index (χ1n) is 5.17. The van der Waals surface area contributed by atoms with Gasteiger partial charge in [-0.25, -0.2) is 17.6 Å². The number of nitrogens with zero attached hydrogens (tertiary/aromatic N) is 1. The Labute approximate surface area is 130 Å². The smallest absolute Gasteiger partial charge is 0.480 e. The van der Waals surface area contributed by atoms with Gasteiger partial charge in [0, 0.05) is 3.57 Å². The van der Waals surface area contributed by atoms with Crippen LogP contribution in [0.4, 0.5) is 17.6 Å². The topological polar surface area (TPSA) is 74.5 Å². The highest BCUT2D eigenvalue weighted by Gasteiger charge is 2.38. The van der Waals surface area contributed by atoms with Crippen LogP contribution < -0.4 is 0 Å². The quantitative estimate of drug-likeness (QED) is 0.306. The number of benzene rings is 1. The SMILES string of the molecule is O=C(OCC[N-]S(=O)(=O)C(F)(F)F)c1cc(I)ccc1F. The summed E-state index contributed by atoms with van der Waals surface area (Å²) in [6, 6.07) is 3.61. The van der Waals surface area contributed by atoms with Gasteiger partial charge >= 0.3 is 11.5 Å². The first kappa shape index (κ1) is 18.1. The monoisotopic (exact) mass is 440 g/mol. The van der Waals surface area contributed by atoms with Crippen molar-refractivity contribution in [3.8, 4) is 0 Å². The van der Waals surface area contributed by atoms with Gasteiger partial charge in [-0.05, 0) is 40.8 Å². The van der Waals surface area contributed by atoms with Crippen LogP contribution in [0.3, 0.4) is 0 Å². The average Bonchev–Trinajstić information content (AvgIpc) is 2.36. The molecule has 0 aromatic heterocycles. The summed E-state index contributed by atoms with van der Waals surface area (Å²) in [5, 5.41) is 0. The minimum Gasteiger partial charge on any atom is -0.538 e. The highest BCUT2D eigenvalue weighted by atomic mass is 127. The Kier molecular flexibility index (Phi) is 5.92. The molecule has 0 saturated heterocycles. The fourth-order valence-electron chi connectivity index (χ4n) is 1.10. The minimum absolute atomic E-state index is 0.402. The standard InChI is InChI=1S/C10H7F4INO4S/c11-8-2-1-6(15)5-7(8)9(17)20-4-3-16-21(18,19)10(12,13)14/h1-2,5H,3-4H2/q-1. The highest BCUT2D eigenvalue weighted by Crippen LogP contribution is 2.27. The van der Waals surface area contributed by atoms with Crippen molar-refractivity contribution in [2.45, 2.75) is 5.51 Å². The van der Waals surface area contributed by atoms with Crippen LogP contribution in [0.15, 0.2) is 18.2 Å². The van der Waals surface area contributed by atoms with E-state index < -0.39 is 46.0 Å². The van der Waals surface area contributed by atoms with E-state index >= 15 is 0 Å². The Morgan fingerprint density at radius 3 is 2.52 bits per heavy atom. The van der Waals surface area contributed by atoms with Gasteiger partial charge in [0.15, 0.2) is 10.0 Å². The molecule has 5 nitrogen and oxygen atoms in total. The molecule has 0 aliphatic heterocycles. The van der Waals surface area contributed by atoms with Crippen LogP contribution in [0.5, 0.6) is 0 Å². The molecule has 0 amide bonds. The number of rotatable bonds is 5. The summed E-state index contributed by atoms with van der Waals surface area (Å²) in [5.41, 5.74) is -5.90. The van der Waals surface area contributed by atoms with E-state index in [1.165, 1.54) is 12.1 Å². The molecule has 11 heteroatoms. The molecule has 0 aliphatic rings. The Bertz CT molecular complexity index is 632. The molecule has 0 saturated carbocycles. The molecular formula is C10H7F4INO4S-. The molecule has 21 heavy (non-hydrogen) atoms.